The molecule has 1 unspecified atom stereocenters. The van der Waals surface area contributed by atoms with Crippen LogP contribution < -0.4 is 16.4 Å². The highest BCUT2D eigenvalue weighted by Gasteiger charge is 2.19. The molecule has 0 radical (unpaired) electrons. The smallest absolute Gasteiger partial charge is 0.248 e. The summed E-state index contributed by atoms with van der Waals surface area (Å²) in [4.78, 5) is 23.1. The number of amides is 2. The fourth-order valence-corrected chi connectivity index (χ4v) is 3.27. The van der Waals surface area contributed by atoms with Crippen LogP contribution in [-0.2, 0) is 11.2 Å². The van der Waals surface area contributed by atoms with Gasteiger partial charge >= 0.3 is 0 Å². The Kier molecular flexibility index (Phi) is 5.46. The summed E-state index contributed by atoms with van der Waals surface area (Å²) in [6.07, 6.45) is 3.81. The number of hydrogen-bond acceptors (Lipinski definition) is 3. The van der Waals surface area contributed by atoms with Crippen LogP contribution in [0.1, 0.15) is 46.8 Å². The zero-order valence-electron chi connectivity index (χ0n) is 14.1. The lowest BCUT2D eigenvalue weighted by Crippen LogP contribution is -2.28. The largest absolute Gasteiger partial charge is 0.366 e. The Morgan fingerprint density at radius 1 is 1.08 bits per heavy atom. The van der Waals surface area contributed by atoms with Crippen LogP contribution in [0, 0.1) is 0 Å². The van der Waals surface area contributed by atoms with Crippen LogP contribution in [0.2, 0.25) is 0 Å². The van der Waals surface area contributed by atoms with Crippen molar-refractivity contribution in [2.24, 2.45) is 5.73 Å². The van der Waals surface area contributed by atoms with E-state index in [0.29, 0.717) is 30.3 Å². The van der Waals surface area contributed by atoms with Crippen LogP contribution in [0.4, 0.5) is 5.69 Å². The Labute approximate surface area is 147 Å². The molecule has 0 bridgehead atoms. The number of hydrogen-bond donors (Lipinski definition) is 3. The maximum Gasteiger partial charge on any atom is 0.248 e. The Bertz CT molecular complexity index is 756. The highest BCUT2D eigenvalue weighted by atomic mass is 16.2. The Hall–Kier alpha value is -2.66. The van der Waals surface area contributed by atoms with E-state index < -0.39 is 5.91 Å². The first-order valence-electron chi connectivity index (χ1n) is 8.64. The molecule has 130 valence electrons. The van der Waals surface area contributed by atoms with Gasteiger partial charge in [0.1, 0.15) is 0 Å². The maximum atomic E-state index is 12.1. The van der Waals surface area contributed by atoms with Crippen LogP contribution in [0.25, 0.3) is 0 Å². The number of aryl methyl sites for hydroxylation is 1. The van der Waals surface area contributed by atoms with Gasteiger partial charge in [-0.1, -0.05) is 24.3 Å². The number of primary amides is 1. The van der Waals surface area contributed by atoms with Gasteiger partial charge in [0.2, 0.25) is 11.8 Å². The topological polar surface area (TPSA) is 84.2 Å². The molecule has 0 saturated heterocycles. The van der Waals surface area contributed by atoms with Crippen molar-refractivity contribution in [2.75, 3.05) is 11.9 Å². The highest BCUT2D eigenvalue weighted by Crippen LogP contribution is 2.29. The number of rotatable bonds is 6. The first kappa shape index (κ1) is 17.2. The molecule has 5 heteroatoms. The lowest BCUT2D eigenvalue weighted by molar-refractivity contribution is -0.116. The third-order valence-electron chi connectivity index (χ3n) is 4.57. The van der Waals surface area contributed by atoms with Crippen molar-refractivity contribution in [3.8, 4) is 0 Å². The monoisotopic (exact) mass is 337 g/mol. The van der Waals surface area contributed by atoms with Gasteiger partial charge in [-0.3, -0.25) is 9.59 Å². The van der Waals surface area contributed by atoms with Gasteiger partial charge in [-0.15, -0.1) is 0 Å². The maximum absolute atomic E-state index is 12.1. The molecular weight excluding hydrogens is 314 g/mol. The summed E-state index contributed by atoms with van der Waals surface area (Å²) < 4.78 is 0. The summed E-state index contributed by atoms with van der Waals surface area (Å²) in [5, 5.41) is 6.33. The highest BCUT2D eigenvalue weighted by molar-refractivity contribution is 5.94. The standard InChI is InChI=1S/C20H23N3O2/c21-20(25)15-8-10-16(11-9-15)23-19(24)12-13-22-18-7-3-5-14-4-1-2-6-17(14)18/h1-2,4,6,8-11,18,22H,3,5,7,12-13H2,(H2,21,25)(H,23,24). The van der Waals surface area contributed by atoms with E-state index in [9.17, 15) is 9.59 Å². The van der Waals surface area contributed by atoms with Crippen LogP contribution in [0.5, 0.6) is 0 Å². The number of anilines is 1. The van der Waals surface area contributed by atoms with E-state index in [1.807, 2.05) is 0 Å². The van der Waals surface area contributed by atoms with Crippen LogP contribution in [0.3, 0.4) is 0 Å². The van der Waals surface area contributed by atoms with Gasteiger partial charge in [-0.05, 0) is 54.7 Å². The molecule has 1 aliphatic rings. The summed E-state index contributed by atoms with van der Waals surface area (Å²) in [7, 11) is 0. The minimum Gasteiger partial charge on any atom is -0.366 e. The third-order valence-corrected chi connectivity index (χ3v) is 4.57. The molecule has 0 saturated carbocycles. The van der Waals surface area contributed by atoms with Crippen molar-refractivity contribution in [3.63, 3.8) is 0 Å². The average molecular weight is 337 g/mol. The number of nitrogens with two attached hydrogens (primary N) is 1. The van der Waals surface area contributed by atoms with Gasteiger partial charge < -0.3 is 16.4 Å². The molecule has 25 heavy (non-hydrogen) atoms. The second-order valence-corrected chi connectivity index (χ2v) is 6.34. The molecule has 0 fully saturated rings. The molecule has 0 heterocycles. The second kappa shape index (κ2) is 7.94. The summed E-state index contributed by atoms with van der Waals surface area (Å²) in [5.74, 6) is -0.529. The van der Waals surface area contributed by atoms with Crippen LogP contribution in [0.15, 0.2) is 48.5 Å². The molecular formula is C20H23N3O2. The molecule has 2 aromatic carbocycles. The fraction of sp³-hybridized carbons (Fsp3) is 0.300. The van der Waals surface area contributed by atoms with Gasteiger partial charge in [-0.25, -0.2) is 0 Å². The molecule has 3 rings (SSSR count). The van der Waals surface area contributed by atoms with E-state index in [1.165, 1.54) is 17.5 Å². The number of carbonyl (C=O) groups excluding carboxylic acids is 2. The fourth-order valence-electron chi connectivity index (χ4n) is 3.27. The van der Waals surface area contributed by atoms with Gasteiger partial charge in [0.25, 0.3) is 0 Å². The first-order valence-corrected chi connectivity index (χ1v) is 8.64. The molecule has 1 atom stereocenters. The Balaban J connectivity index is 1.48. The molecule has 4 N–H and O–H groups in total. The van der Waals surface area contributed by atoms with Crippen molar-refractivity contribution >= 4 is 17.5 Å². The van der Waals surface area contributed by atoms with Gasteiger partial charge in [0.15, 0.2) is 0 Å². The second-order valence-electron chi connectivity index (χ2n) is 6.34. The summed E-state index contributed by atoms with van der Waals surface area (Å²) in [5.41, 5.74) is 9.06. The van der Waals surface area contributed by atoms with Crippen LogP contribution in [-0.4, -0.2) is 18.4 Å². The SMILES string of the molecule is NC(=O)c1ccc(NC(=O)CCNC2CCCc3ccccc32)cc1. The number of fused-ring (bicyclic) bond motifs is 1. The molecule has 1 aliphatic carbocycles. The van der Waals surface area contributed by atoms with E-state index >= 15 is 0 Å². The Morgan fingerprint density at radius 2 is 1.84 bits per heavy atom. The number of benzene rings is 2. The third kappa shape index (κ3) is 4.45. The minimum absolute atomic E-state index is 0.0524. The number of carbonyl (C=O) groups is 2. The summed E-state index contributed by atoms with van der Waals surface area (Å²) in [6, 6.07) is 15.4. The molecule has 0 aromatic heterocycles. The van der Waals surface area contributed by atoms with E-state index in [-0.39, 0.29) is 5.91 Å². The van der Waals surface area contributed by atoms with Gasteiger partial charge in [0, 0.05) is 30.3 Å². The van der Waals surface area contributed by atoms with Crippen molar-refractivity contribution in [3.05, 3.63) is 65.2 Å². The quantitative estimate of drug-likeness (QED) is 0.758. The molecule has 2 amide bonds. The normalized spacial score (nSPS) is 16.1. The summed E-state index contributed by atoms with van der Waals surface area (Å²) >= 11 is 0. The van der Waals surface area contributed by atoms with Crippen molar-refractivity contribution < 1.29 is 9.59 Å². The van der Waals surface area contributed by atoms with E-state index in [0.717, 1.165) is 12.8 Å². The predicted octanol–water partition coefficient (Wildman–Crippen LogP) is 2.78. The minimum atomic E-state index is -0.477. The zero-order valence-corrected chi connectivity index (χ0v) is 14.1. The van der Waals surface area contributed by atoms with Gasteiger partial charge in [-0.2, -0.15) is 0 Å². The zero-order chi connectivity index (χ0) is 17.6. The van der Waals surface area contributed by atoms with E-state index in [1.54, 1.807) is 24.3 Å². The van der Waals surface area contributed by atoms with Crippen molar-refractivity contribution in [1.82, 2.24) is 5.32 Å². The van der Waals surface area contributed by atoms with Crippen LogP contribution >= 0.6 is 0 Å². The molecule has 0 spiro atoms. The van der Waals surface area contributed by atoms with E-state index in [2.05, 4.69) is 34.9 Å². The number of nitrogens with one attached hydrogen (secondary N) is 2. The van der Waals surface area contributed by atoms with Gasteiger partial charge in [0.05, 0.1) is 0 Å². The Morgan fingerprint density at radius 3 is 2.60 bits per heavy atom. The van der Waals surface area contributed by atoms with Crippen molar-refractivity contribution in [1.29, 1.82) is 0 Å². The lowest BCUT2D eigenvalue weighted by atomic mass is 9.88. The average Bonchev–Trinajstić information content (AvgIpc) is 2.62. The summed E-state index contributed by atoms with van der Waals surface area (Å²) in [6.45, 7) is 0.629. The molecule has 5 nitrogen and oxygen atoms in total. The lowest BCUT2D eigenvalue weighted by Gasteiger charge is -2.26. The molecule has 0 aliphatic heterocycles. The first-order chi connectivity index (χ1) is 12.1. The van der Waals surface area contributed by atoms with E-state index in [4.69, 9.17) is 5.73 Å². The molecule has 2 aromatic rings. The van der Waals surface area contributed by atoms with Crippen molar-refractivity contribution in [2.45, 2.75) is 31.7 Å². The predicted molar refractivity (Wildman–Crippen MR) is 98.3 cm³/mol.